The summed E-state index contributed by atoms with van der Waals surface area (Å²) in [7, 11) is 0. The smallest absolute Gasteiger partial charge is 0.241 e. The molecule has 0 saturated carbocycles. The molecular formula is C18H27N3O2S. The summed E-state index contributed by atoms with van der Waals surface area (Å²) in [5.41, 5.74) is 1.07. The third-order valence-electron chi connectivity index (χ3n) is 4.78. The Morgan fingerprint density at radius 1 is 1.17 bits per heavy atom. The molecule has 2 heterocycles. The number of rotatable bonds is 4. The van der Waals surface area contributed by atoms with E-state index < -0.39 is 0 Å². The maximum absolute atomic E-state index is 12.9. The zero-order valence-corrected chi connectivity index (χ0v) is 15.2. The summed E-state index contributed by atoms with van der Waals surface area (Å²) in [5, 5.41) is 9.56. The molecule has 1 N–H and O–H groups in total. The number of hydrogen-bond acceptors (Lipinski definition) is 5. The van der Waals surface area contributed by atoms with Gasteiger partial charge in [0, 0.05) is 49.4 Å². The van der Waals surface area contributed by atoms with E-state index >= 15 is 0 Å². The van der Waals surface area contributed by atoms with Crippen molar-refractivity contribution in [1.29, 1.82) is 0 Å². The van der Waals surface area contributed by atoms with Crippen LogP contribution in [0, 0.1) is 0 Å². The monoisotopic (exact) mass is 349 g/mol. The molecule has 6 heteroatoms. The van der Waals surface area contributed by atoms with Crippen molar-refractivity contribution in [3.63, 3.8) is 0 Å². The van der Waals surface area contributed by atoms with Crippen LogP contribution >= 0.6 is 11.8 Å². The van der Waals surface area contributed by atoms with Gasteiger partial charge in [0.25, 0.3) is 0 Å². The van der Waals surface area contributed by atoms with Crippen molar-refractivity contribution in [3.8, 4) is 0 Å². The molecule has 0 spiro atoms. The SMILES string of the molecule is C[C@H]1CCN(C(=O)CN2CCN(CCO)CC2)c2ccccc2S1. The first-order chi connectivity index (χ1) is 11.7. The Kier molecular flexibility index (Phi) is 6.16. The van der Waals surface area contributed by atoms with Crippen molar-refractivity contribution in [3.05, 3.63) is 24.3 Å². The highest BCUT2D eigenvalue weighted by molar-refractivity contribution is 8.00. The first kappa shape index (κ1) is 17.7. The number of nitrogens with zero attached hydrogens (tertiary/aromatic N) is 3. The molecule has 1 aromatic carbocycles. The summed E-state index contributed by atoms with van der Waals surface area (Å²) >= 11 is 1.87. The number of fused-ring (bicyclic) bond motifs is 1. The number of β-amino-alcohol motifs (C(OH)–C–C–N with tert-alkyl or cyclic N) is 1. The minimum atomic E-state index is 0.202. The van der Waals surface area contributed by atoms with Crippen molar-refractivity contribution in [2.75, 3.05) is 57.3 Å². The fourth-order valence-corrected chi connectivity index (χ4v) is 4.45. The lowest BCUT2D eigenvalue weighted by atomic mass is 10.2. The van der Waals surface area contributed by atoms with Crippen LogP contribution in [-0.2, 0) is 4.79 Å². The first-order valence-electron chi connectivity index (χ1n) is 8.79. The van der Waals surface area contributed by atoms with Crippen LogP contribution in [0.4, 0.5) is 5.69 Å². The van der Waals surface area contributed by atoms with E-state index in [1.54, 1.807) is 0 Å². The molecule has 0 radical (unpaired) electrons. The van der Waals surface area contributed by atoms with Crippen LogP contribution in [-0.4, -0.2) is 78.5 Å². The summed E-state index contributed by atoms with van der Waals surface area (Å²) in [6, 6.07) is 8.25. The Bertz CT molecular complexity index is 561. The van der Waals surface area contributed by atoms with E-state index in [0.717, 1.165) is 51.4 Å². The van der Waals surface area contributed by atoms with Gasteiger partial charge in [0.2, 0.25) is 5.91 Å². The van der Waals surface area contributed by atoms with Gasteiger partial charge >= 0.3 is 0 Å². The Hall–Kier alpha value is -1.08. The number of para-hydroxylation sites is 1. The van der Waals surface area contributed by atoms with E-state index in [0.29, 0.717) is 11.8 Å². The normalized spacial score (nSPS) is 22.9. The number of anilines is 1. The Balaban J connectivity index is 1.63. The van der Waals surface area contributed by atoms with Gasteiger partial charge in [-0.25, -0.2) is 0 Å². The van der Waals surface area contributed by atoms with Crippen molar-refractivity contribution in [2.24, 2.45) is 0 Å². The lowest BCUT2D eigenvalue weighted by molar-refractivity contribution is -0.120. The maximum atomic E-state index is 12.9. The van der Waals surface area contributed by atoms with E-state index in [9.17, 15) is 4.79 Å². The van der Waals surface area contributed by atoms with Gasteiger partial charge < -0.3 is 10.0 Å². The van der Waals surface area contributed by atoms with E-state index in [-0.39, 0.29) is 12.5 Å². The van der Waals surface area contributed by atoms with Crippen LogP contribution < -0.4 is 4.90 Å². The standard InChI is InChI=1S/C18H27N3O2S/c1-15-6-7-21(16-4-2-3-5-17(16)24-15)18(23)14-20-10-8-19(9-11-20)12-13-22/h2-5,15,22H,6-14H2,1H3/t15-/m0/s1. The average molecular weight is 349 g/mol. The molecule has 0 aliphatic carbocycles. The number of hydrogen-bond donors (Lipinski definition) is 1. The van der Waals surface area contributed by atoms with Gasteiger partial charge in [0.15, 0.2) is 0 Å². The van der Waals surface area contributed by atoms with Crippen LogP contribution in [0.15, 0.2) is 29.2 Å². The van der Waals surface area contributed by atoms with E-state index in [1.807, 2.05) is 28.8 Å². The van der Waals surface area contributed by atoms with Gasteiger partial charge in [-0.1, -0.05) is 19.1 Å². The van der Waals surface area contributed by atoms with Crippen molar-refractivity contribution in [1.82, 2.24) is 9.80 Å². The highest BCUT2D eigenvalue weighted by Gasteiger charge is 2.26. The third kappa shape index (κ3) is 4.30. The Morgan fingerprint density at radius 2 is 1.88 bits per heavy atom. The molecule has 1 saturated heterocycles. The topological polar surface area (TPSA) is 47.0 Å². The molecule has 0 unspecified atom stereocenters. The predicted molar refractivity (Wildman–Crippen MR) is 98.7 cm³/mol. The van der Waals surface area contributed by atoms with Crippen molar-refractivity contribution in [2.45, 2.75) is 23.5 Å². The zero-order valence-electron chi connectivity index (χ0n) is 14.4. The molecule has 5 nitrogen and oxygen atoms in total. The van der Waals surface area contributed by atoms with Gasteiger partial charge in [-0.05, 0) is 18.6 Å². The highest BCUT2D eigenvalue weighted by atomic mass is 32.2. The van der Waals surface area contributed by atoms with E-state index in [4.69, 9.17) is 5.11 Å². The number of carbonyl (C=O) groups excluding carboxylic acids is 1. The summed E-state index contributed by atoms with van der Waals surface area (Å²) < 4.78 is 0. The minimum absolute atomic E-state index is 0.202. The number of aliphatic hydroxyl groups excluding tert-OH is 1. The largest absolute Gasteiger partial charge is 0.395 e. The molecule has 0 aromatic heterocycles. The molecule has 2 aliphatic rings. The molecule has 24 heavy (non-hydrogen) atoms. The third-order valence-corrected chi connectivity index (χ3v) is 6.02. The minimum Gasteiger partial charge on any atom is -0.395 e. The van der Waals surface area contributed by atoms with Crippen LogP contribution in [0.3, 0.4) is 0 Å². The maximum Gasteiger partial charge on any atom is 0.241 e. The van der Waals surface area contributed by atoms with Crippen LogP contribution in [0.2, 0.25) is 0 Å². The zero-order chi connectivity index (χ0) is 16.9. The van der Waals surface area contributed by atoms with Gasteiger partial charge in [-0.2, -0.15) is 0 Å². The summed E-state index contributed by atoms with van der Waals surface area (Å²) in [6.45, 7) is 8.10. The van der Waals surface area contributed by atoms with Crippen LogP contribution in [0.5, 0.6) is 0 Å². The lowest BCUT2D eigenvalue weighted by Gasteiger charge is -2.35. The molecule has 2 aliphatic heterocycles. The molecule has 0 bridgehead atoms. The highest BCUT2D eigenvalue weighted by Crippen LogP contribution is 2.37. The summed E-state index contributed by atoms with van der Waals surface area (Å²) in [4.78, 5) is 20.6. The fraction of sp³-hybridized carbons (Fsp3) is 0.611. The molecular weight excluding hydrogens is 322 g/mol. The predicted octanol–water partition coefficient (Wildman–Crippen LogP) is 1.51. The second kappa shape index (κ2) is 8.34. The summed E-state index contributed by atoms with van der Waals surface area (Å²) in [5.74, 6) is 0.202. The van der Waals surface area contributed by atoms with Gasteiger partial charge in [-0.3, -0.25) is 14.6 Å². The van der Waals surface area contributed by atoms with Gasteiger partial charge in [0.05, 0.1) is 18.8 Å². The fourth-order valence-electron chi connectivity index (χ4n) is 3.33. The molecule has 3 rings (SSSR count). The number of thioether (sulfide) groups is 1. The Morgan fingerprint density at radius 3 is 2.62 bits per heavy atom. The van der Waals surface area contributed by atoms with Crippen LogP contribution in [0.25, 0.3) is 0 Å². The number of benzene rings is 1. The second-order valence-corrected chi connectivity index (χ2v) is 8.05. The summed E-state index contributed by atoms with van der Waals surface area (Å²) in [6.07, 6.45) is 1.02. The first-order valence-corrected chi connectivity index (χ1v) is 9.67. The van der Waals surface area contributed by atoms with Crippen molar-refractivity contribution >= 4 is 23.4 Å². The quantitative estimate of drug-likeness (QED) is 0.893. The molecule has 132 valence electrons. The average Bonchev–Trinajstić information content (AvgIpc) is 2.75. The van der Waals surface area contributed by atoms with Crippen LogP contribution in [0.1, 0.15) is 13.3 Å². The number of amides is 1. The van der Waals surface area contributed by atoms with E-state index in [2.05, 4.69) is 28.9 Å². The molecule has 1 atom stereocenters. The molecule has 1 aromatic rings. The molecule has 1 fully saturated rings. The van der Waals surface area contributed by atoms with Gasteiger partial charge in [0.1, 0.15) is 0 Å². The molecule has 1 amide bonds. The number of aliphatic hydroxyl groups is 1. The number of carbonyl (C=O) groups is 1. The van der Waals surface area contributed by atoms with Crippen molar-refractivity contribution < 1.29 is 9.90 Å². The Labute approximate surface area is 148 Å². The number of piperazine rings is 1. The van der Waals surface area contributed by atoms with Gasteiger partial charge in [-0.15, -0.1) is 11.8 Å². The second-order valence-electron chi connectivity index (χ2n) is 6.57. The van der Waals surface area contributed by atoms with E-state index in [1.165, 1.54) is 4.90 Å². The lowest BCUT2D eigenvalue weighted by Crippen LogP contribution is -2.50.